The molecule has 0 unspecified atom stereocenters. The van der Waals surface area contributed by atoms with Gasteiger partial charge < -0.3 is 20.5 Å². The van der Waals surface area contributed by atoms with E-state index in [9.17, 15) is 4.79 Å². The van der Waals surface area contributed by atoms with Crippen LogP contribution in [0.4, 0.5) is 4.79 Å². The predicted molar refractivity (Wildman–Crippen MR) is 57.0 cm³/mol. The van der Waals surface area contributed by atoms with Gasteiger partial charge in [-0.2, -0.15) is 0 Å². The Bertz CT molecular complexity index is 211. The zero-order chi connectivity index (χ0) is 11.3. The van der Waals surface area contributed by atoms with Crippen molar-refractivity contribution in [3.05, 3.63) is 0 Å². The van der Waals surface area contributed by atoms with Crippen LogP contribution in [0.1, 0.15) is 20.3 Å². The molecule has 0 aliphatic carbocycles. The van der Waals surface area contributed by atoms with E-state index in [1.807, 2.05) is 13.8 Å². The molecule has 0 aromatic carbocycles. The van der Waals surface area contributed by atoms with Crippen LogP contribution in [0, 0.1) is 5.92 Å². The van der Waals surface area contributed by atoms with E-state index in [1.165, 1.54) is 0 Å². The number of hydrogen-bond donors (Lipinski definition) is 3. The summed E-state index contributed by atoms with van der Waals surface area (Å²) in [6.07, 6.45) is -0.186. The molecule has 3 N–H and O–H groups in total. The second-order valence-corrected chi connectivity index (χ2v) is 4.66. The molecule has 1 saturated heterocycles. The van der Waals surface area contributed by atoms with E-state index in [-0.39, 0.29) is 0 Å². The summed E-state index contributed by atoms with van der Waals surface area (Å²) in [7, 11) is 0. The molecule has 0 saturated carbocycles. The maximum Gasteiger partial charge on any atom is 0.405 e. The molecular formula is C10H20N2O3. The monoisotopic (exact) mass is 216 g/mol. The first-order chi connectivity index (χ1) is 6.99. The van der Waals surface area contributed by atoms with Gasteiger partial charge in [-0.25, -0.2) is 4.79 Å². The van der Waals surface area contributed by atoms with E-state index in [0.717, 1.165) is 26.1 Å². The zero-order valence-corrected chi connectivity index (χ0v) is 9.38. The van der Waals surface area contributed by atoms with Crippen LogP contribution in [0.5, 0.6) is 0 Å². The first kappa shape index (κ1) is 12.3. The number of nitrogens with one attached hydrogen (secondary N) is 2. The first-order valence-corrected chi connectivity index (χ1v) is 5.29. The second kappa shape index (κ2) is 5.32. The molecule has 0 bridgehead atoms. The van der Waals surface area contributed by atoms with Gasteiger partial charge in [-0.3, -0.25) is 0 Å². The van der Waals surface area contributed by atoms with Crippen LogP contribution < -0.4 is 10.6 Å². The van der Waals surface area contributed by atoms with Crippen LogP contribution >= 0.6 is 0 Å². The van der Waals surface area contributed by atoms with Crippen LogP contribution in [0.2, 0.25) is 0 Å². The van der Waals surface area contributed by atoms with Crippen LogP contribution in [0.3, 0.4) is 0 Å². The van der Waals surface area contributed by atoms with E-state index in [2.05, 4.69) is 10.6 Å². The quantitative estimate of drug-likeness (QED) is 0.648. The van der Waals surface area contributed by atoms with Crippen molar-refractivity contribution in [2.24, 2.45) is 5.92 Å². The average molecular weight is 216 g/mol. The third kappa shape index (κ3) is 4.99. The Morgan fingerprint density at radius 3 is 3.07 bits per heavy atom. The van der Waals surface area contributed by atoms with Crippen LogP contribution in [0.15, 0.2) is 0 Å². The normalized spacial score (nSPS) is 23.2. The van der Waals surface area contributed by atoms with E-state index in [1.54, 1.807) is 0 Å². The molecule has 1 atom stereocenters. The van der Waals surface area contributed by atoms with E-state index < -0.39 is 11.6 Å². The molecule has 1 fully saturated rings. The van der Waals surface area contributed by atoms with E-state index in [4.69, 9.17) is 9.84 Å². The maximum atomic E-state index is 10.6. The summed E-state index contributed by atoms with van der Waals surface area (Å²) < 4.78 is 5.42. The fourth-order valence-corrected chi connectivity index (χ4v) is 1.95. The summed E-state index contributed by atoms with van der Waals surface area (Å²) in [6, 6.07) is 0. The fourth-order valence-electron chi connectivity index (χ4n) is 1.95. The molecular weight excluding hydrogens is 196 g/mol. The second-order valence-electron chi connectivity index (χ2n) is 4.66. The number of carboxylic acid groups (broad SMARTS) is 1. The number of carbonyl (C=O) groups is 1. The topological polar surface area (TPSA) is 70.6 Å². The highest BCUT2D eigenvalue weighted by molar-refractivity contribution is 5.65. The lowest BCUT2D eigenvalue weighted by Gasteiger charge is -2.28. The lowest BCUT2D eigenvalue weighted by atomic mass is 9.91. The molecule has 5 heteroatoms. The number of rotatable bonds is 3. The van der Waals surface area contributed by atoms with Gasteiger partial charge in [0.15, 0.2) is 0 Å². The lowest BCUT2D eigenvalue weighted by Crippen LogP contribution is -2.45. The van der Waals surface area contributed by atoms with Crippen LogP contribution in [-0.4, -0.2) is 43.0 Å². The van der Waals surface area contributed by atoms with Crippen molar-refractivity contribution in [2.75, 3.05) is 26.3 Å². The Balaban J connectivity index is 2.40. The Morgan fingerprint density at radius 2 is 2.40 bits per heavy atom. The Labute approximate surface area is 90.2 Å². The summed E-state index contributed by atoms with van der Waals surface area (Å²) in [4.78, 5) is 10.6. The van der Waals surface area contributed by atoms with Crippen molar-refractivity contribution in [2.45, 2.75) is 25.8 Å². The Hall–Kier alpha value is -0.810. The minimum atomic E-state index is -0.970. The summed E-state index contributed by atoms with van der Waals surface area (Å²) in [5, 5.41) is 14.5. The summed E-state index contributed by atoms with van der Waals surface area (Å²) in [6.45, 7) is 7.01. The molecule has 0 radical (unpaired) electrons. The van der Waals surface area contributed by atoms with Crippen molar-refractivity contribution in [3.8, 4) is 0 Å². The number of hydrogen-bond acceptors (Lipinski definition) is 3. The molecule has 1 rings (SSSR count). The molecule has 1 heterocycles. The van der Waals surface area contributed by atoms with Crippen molar-refractivity contribution in [1.82, 2.24) is 10.6 Å². The standard InChI is InChI=1S/C10H20N2O3/c1-10(2,12-9(13)14)5-8-6-11-3-4-15-7-8/h8,11-12H,3-7H2,1-2H3,(H,13,14)/t8-/m0/s1. The van der Waals surface area contributed by atoms with Gasteiger partial charge >= 0.3 is 6.09 Å². The minimum absolute atomic E-state index is 0.370. The molecule has 1 amide bonds. The average Bonchev–Trinajstić information content (AvgIpc) is 2.29. The van der Waals surface area contributed by atoms with Gasteiger partial charge in [0.05, 0.1) is 13.2 Å². The highest BCUT2D eigenvalue weighted by atomic mass is 16.5. The third-order valence-electron chi connectivity index (χ3n) is 2.45. The molecule has 0 aromatic rings. The molecule has 1 aliphatic heterocycles. The highest BCUT2D eigenvalue weighted by Crippen LogP contribution is 2.17. The van der Waals surface area contributed by atoms with Crippen molar-refractivity contribution in [3.63, 3.8) is 0 Å². The molecule has 88 valence electrons. The fraction of sp³-hybridized carbons (Fsp3) is 0.900. The largest absolute Gasteiger partial charge is 0.465 e. The SMILES string of the molecule is CC(C)(C[C@H]1CNCCOC1)NC(=O)O. The van der Waals surface area contributed by atoms with Crippen molar-refractivity contribution in [1.29, 1.82) is 0 Å². The Morgan fingerprint density at radius 1 is 1.67 bits per heavy atom. The van der Waals surface area contributed by atoms with Crippen molar-refractivity contribution < 1.29 is 14.6 Å². The third-order valence-corrected chi connectivity index (χ3v) is 2.45. The van der Waals surface area contributed by atoms with Gasteiger partial charge in [0.25, 0.3) is 0 Å². The van der Waals surface area contributed by atoms with Gasteiger partial charge in [0, 0.05) is 18.6 Å². The smallest absolute Gasteiger partial charge is 0.405 e. The van der Waals surface area contributed by atoms with E-state index >= 15 is 0 Å². The lowest BCUT2D eigenvalue weighted by molar-refractivity contribution is 0.108. The zero-order valence-electron chi connectivity index (χ0n) is 9.38. The van der Waals surface area contributed by atoms with Crippen LogP contribution in [-0.2, 0) is 4.74 Å². The predicted octanol–water partition coefficient (Wildman–Crippen LogP) is 0.659. The van der Waals surface area contributed by atoms with Crippen molar-refractivity contribution >= 4 is 6.09 Å². The summed E-state index contributed by atoms with van der Waals surface area (Å²) >= 11 is 0. The summed E-state index contributed by atoms with van der Waals surface area (Å²) in [5.74, 6) is 0.370. The molecule has 5 nitrogen and oxygen atoms in total. The molecule has 0 aromatic heterocycles. The van der Waals surface area contributed by atoms with Gasteiger partial charge in [-0.05, 0) is 26.2 Å². The number of ether oxygens (including phenoxy) is 1. The highest BCUT2D eigenvalue weighted by Gasteiger charge is 2.25. The van der Waals surface area contributed by atoms with Gasteiger partial charge in [0.2, 0.25) is 0 Å². The van der Waals surface area contributed by atoms with Crippen LogP contribution in [0.25, 0.3) is 0 Å². The Kier molecular flexibility index (Phi) is 4.35. The molecule has 15 heavy (non-hydrogen) atoms. The maximum absolute atomic E-state index is 10.6. The number of amides is 1. The van der Waals surface area contributed by atoms with Gasteiger partial charge in [0.1, 0.15) is 0 Å². The molecule has 0 spiro atoms. The molecule has 1 aliphatic rings. The summed E-state index contributed by atoms with van der Waals surface area (Å²) in [5.41, 5.74) is -0.397. The first-order valence-electron chi connectivity index (χ1n) is 5.29. The van der Waals surface area contributed by atoms with E-state index in [0.29, 0.717) is 12.5 Å². The minimum Gasteiger partial charge on any atom is -0.465 e. The van der Waals surface area contributed by atoms with Gasteiger partial charge in [-0.1, -0.05) is 0 Å². The van der Waals surface area contributed by atoms with Gasteiger partial charge in [-0.15, -0.1) is 0 Å².